The lowest BCUT2D eigenvalue weighted by molar-refractivity contribution is 0.0426. The van der Waals surface area contributed by atoms with E-state index in [1.165, 1.54) is 12.7 Å². The monoisotopic (exact) mass is 384 g/mol. The summed E-state index contributed by atoms with van der Waals surface area (Å²) in [7, 11) is 1.52. The van der Waals surface area contributed by atoms with Gasteiger partial charge in [-0.1, -0.05) is 36.3 Å². The van der Waals surface area contributed by atoms with E-state index in [0.29, 0.717) is 17.1 Å². The van der Waals surface area contributed by atoms with Gasteiger partial charge in [-0.2, -0.15) is 4.98 Å². The first-order chi connectivity index (χ1) is 13.1. The van der Waals surface area contributed by atoms with E-state index >= 15 is 0 Å². The summed E-state index contributed by atoms with van der Waals surface area (Å²) in [5.74, 6) is 0.656. The molecule has 0 aliphatic rings. The van der Waals surface area contributed by atoms with Crippen molar-refractivity contribution in [3.05, 3.63) is 59.5 Å². The molecule has 140 valence electrons. The second-order valence-electron chi connectivity index (χ2n) is 5.70. The number of benzene rings is 2. The number of rotatable bonds is 7. The molecule has 0 bridgehead atoms. The first-order valence-electron chi connectivity index (χ1n) is 8.45. The molecule has 0 N–H and O–H groups in total. The van der Waals surface area contributed by atoms with E-state index < -0.39 is 5.97 Å². The zero-order valence-electron chi connectivity index (χ0n) is 15.4. The maximum atomic E-state index is 12.3. The molecule has 0 aliphatic heterocycles. The van der Waals surface area contributed by atoms with Gasteiger partial charge in [0.05, 0.1) is 7.11 Å². The third-order valence-electron chi connectivity index (χ3n) is 4.04. The van der Waals surface area contributed by atoms with E-state index in [2.05, 4.69) is 17.1 Å². The molecule has 1 aromatic heterocycles. The fraction of sp³-hybridized carbons (Fsp3) is 0.250. The molecule has 0 saturated heterocycles. The average Bonchev–Trinajstić information content (AvgIpc) is 3.20. The minimum atomic E-state index is -0.508. The smallest absolute Gasteiger partial charge is 0.342 e. The maximum absolute atomic E-state index is 12.3. The summed E-state index contributed by atoms with van der Waals surface area (Å²) in [5, 5.41) is 3.94. The topological polar surface area (TPSA) is 74.5 Å². The molecule has 2 aromatic carbocycles. The SMILES string of the molecule is CCc1ccc(-c2noc(COC(=O)c3ccc(SC)cc3OC)n2)cc1. The summed E-state index contributed by atoms with van der Waals surface area (Å²) in [5.41, 5.74) is 2.44. The fourth-order valence-corrected chi connectivity index (χ4v) is 2.92. The van der Waals surface area contributed by atoms with Crippen molar-refractivity contribution in [1.29, 1.82) is 0 Å². The van der Waals surface area contributed by atoms with Crippen LogP contribution in [-0.4, -0.2) is 29.5 Å². The number of carbonyl (C=O) groups excluding carboxylic acids is 1. The quantitative estimate of drug-likeness (QED) is 0.442. The largest absolute Gasteiger partial charge is 0.496 e. The van der Waals surface area contributed by atoms with E-state index in [4.69, 9.17) is 14.0 Å². The minimum Gasteiger partial charge on any atom is -0.496 e. The van der Waals surface area contributed by atoms with Gasteiger partial charge in [-0.15, -0.1) is 11.8 Å². The summed E-state index contributed by atoms with van der Waals surface area (Å²) in [6.45, 7) is 1.99. The third-order valence-corrected chi connectivity index (χ3v) is 4.77. The van der Waals surface area contributed by atoms with Gasteiger partial charge in [0.15, 0.2) is 6.61 Å². The molecular formula is C20H20N2O4S. The van der Waals surface area contributed by atoms with E-state index in [1.807, 2.05) is 36.6 Å². The Morgan fingerprint density at radius 3 is 2.63 bits per heavy atom. The van der Waals surface area contributed by atoms with Crippen LogP contribution >= 0.6 is 11.8 Å². The molecule has 0 atom stereocenters. The Labute approximate surface area is 161 Å². The summed E-state index contributed by atoms with van der Waals surface area (Å²) < 4.78 is 15.8. The summed E-state index contributed by atoms with van der Waals surface area (Å²) in [6, 6.07) is 13.3. The molecule has 3 rings (SSSR count). The van der Waals surface area contributed by atoms with Crippen molar-refractivity contribution in [3.8, 4) is 17.1 Å². The lowest BCUT2D eigenvalue weighted by Crippen LogP contribution is -2.07. The van der Waals surface area contributed by atoms with Crippen molar-refractivity contribution >= 4 is 17.7 Å². The number of carbonyl (C=O) groups is 1. The van der Waals surface area contributed by atoms with E-state index in [0.717, 1.165) is 16.9 Å². The van der Waals surface area contributed by atoms with Gasteiger partial charge in [-0.05, 0) is 36.4 Å². The summed E-state index contributed by atoms with van der Waals surface area (Å²) in [4.78, 5) is 17.6. The molecule has 0 fully saturated rings. The second-order valence-corrected chi connectivity index (χ2v) is 6.58. The molecule has 0 spiro atoms. The first-order valence-corrected chi connectivity index (χ1v) is 9.68. The van der Waals surface area contributed by atoms with Gasteiger partial charge in [-0.25, -0.2) is 4.79 Å². The second kappa shape index (κ2) is 8.73. The molecular weight excluding hydrogens is 364 g/mol. The minimum absolute atomic E-state index is 0.105. The van der Waals surface area contributed by atoms with Crippen LogP contribution in [0.5, 0.6) is 5.75 Å². The number of hydrogen-bond donors (Lipinski definition) is 0. The van der Waals surface area contributed by atoms with Crippen LogP contribution in [0.15, 0.2) is 51.9 Å². The van der Waals surface area contributed by atoms with Crippen molar-refractivity contribution < 1.29 is 18.8 Å². The van der Waals surface area contributed by atoms with Crippen molar-refractivity contribution in [2.75, 3.05) is 13.4 Å². The van der Waals surface area contributed by atoms with Gasteiger partial charge in [0, 0.05) is 10.5 Å². The van der Waals surface area contributed by atoms with Crippen molar-refractivity contribution in [1.82, 2.24) is 10.1 Å². The molecule has 0 aliphatic carbocycles. The highest BCUT2D eigenvalue weighted by Gasteiger charge is 2.16. The van der Waals surface area contributed by atoms with Gasteiger partial charge in [0.2, 0.25) is 5.82 Å². The normalized spacial score (nSPS) is 10.6. The first kappa shape index (κ1) is 19.0. The van der Waals surface area contributed by atoms with Gasteiger partial charge in [0.25, 0.3) is 5.89 Å². The van der Waals surface area contributed by atoms with Gasteiger partial charge in [-0.3, -0.25) is 0 Å². The van der Waals surface area contributed by atoms with Crippen molar-refractivity contribution in [2.45, 2.75) is 24.8 Å². The van der Waals surface area contributed by atoms with Crippen LogP contribution < -0.4 is 4.74 Å². The summed E-state index contributed by atoms with van der Waals surface area (Å²) in [6.07, 6.45) is 2.92. The van der Waals surface area contributed by atoms with Crippen LogP contribution in [0.2, 0.25) is 0 Å². The Kier molecular flexibility index (Phi) is 6.13. The average molecular weight is 384 g/mol. The number of nitrogens with zero attached hydrogens (tertiary/aromatic N) is 2. The van der Waals surface area contributed by atoms with Crippen LogP contribution in [0.3, 0.4) is 0 Å². The Balaban J connectivity index is 1.66. The molecule has 0 amide bonds. The standard InChI is InChI=1S/C20H20N2O4S/c1-4-13-5-7-14(8-6-13)19-21-18(26-22-19)12-25-20(23)16-10-9-15(27-3)11-17(16)24-2/h5-11H,4,12H2,1-3H3. The predicted molar refractivity (Wildman–Crippen MR) is 103 cm³/mol. The molecule has 1 heterocycles. The van der Waals surface area contributed by atoms with Crippen molar-refractivity contribution in [3.63, 3.8) is 0 Å². The predicted octanol–water partition coefficient (Wildman–Crippen LogP) is 4.39. The molecule has 7 heteroatoms. The molecule has 6 nitrogen and oxygen atoms in total. The highest BCUT2D eigenvalue weighted by molar-refractivity contribution is 7.98. The molecule has 3 aromatic rings. The Morgan fingerprint density at radius 1 is 1.19 bits per heavy atom. The number of aromatic nitrogens is 2. The number of hydrogen-bond acceptors (Lipinski definition) is 7. The van der Waals surface area contributed by atoms with Gasteiger partial charge < -0.3 is 14.0 Å². The molecule has 0 radical (unpaired) electrons. The highest BCUT2D eigenvalue weighted by atomic mass is 32.2. The molecule has 27 heavy (non-hydrogen) atoms. The van der Waals surface area contributed by atoms with Crippen LogP contribution in [0.25, 0.3) is 11.4 Å². The van der Waals surface area contributed by atoms with E-state index in [9.17, 15) is 4.79 Å². The number of aryl methyl sites for hydroxylation is 1. The van der Waals surface area contributed by atoms with E-state index in [1.54, 1.807) is 23.9 Å². The Bertz CT molecular complexity index is 922. The highest BCUT2D eigenvalue weighted by Crippen LogP contribution is 2.26. The van der Waals surface area contributed by atoms with Crippen molar-refractivity contribution in [2.24, 2.45) is 0 Å². The lowest BCUT2D eigenvalue weighted by Gasteiger charge is -2.09. The zero-order valence-corrected chi connectivity index (χ0v) is 16.2. The van der Waals surface area contributed by atoms with Crippen LogP contribution in [0.4, 0.5) is 0 Å². The third kappa shape index (κ3) is 4.49. The lowest BCUT2D eigenvalue weighted by atomic mass is 10.1. The summed E-state index contributed by atoms with van der Waals surface area (Å²) >= 11 is 1.57. The molecule has 0 unspecified atom stereocenters. The number of thioether (sulfide) groups is 1. The zero-order chi connectivity index (χ0) is 19.2. The van der Waals surface area contributed by atoms with Crippen LogP contribution in [-0.2, 0) is 17.8 Å². The number of esters is 1. The fourth-order valence-electron chi connectivity index (χ4n) is 2.49. The van der Waals surface area contributed by atoms with Crippen LogP contribution in [0, 0.1) is 0 Å². The van der Waals surface area contributed by atoms with Gasteiger partial charge >= 0.3 is 5.97 Å². The molecule has 0 saturated carbocycles. The Morgan fingerprint density at radius 2 is 1.96 bits per heavy atom. The maximum Gasteiger partial charge on any atom is 0.342 e. The number of methoxy groups -OCH3 is 1. The number of ether oxygens (including phenoxy) is 2. The van der Waals surface area contributed by atoms with E-state index in [-0.39, 0.29) is 12.5 Å². The Hall–Kier alpha value is -2.80. The van der Waals surface area contributed by atoms with Gasteiger partial charge in [0.1, 0.15) is 11.3 Å². The van der Waals surface area contributed by atoms with Crippen LogP contribution in [0.1, 0.15) is 28.7 Å².